The van der Waals surface area contributed by atoms with Gasteiger partial charge in [0, 0.05) is 18.0 Å². The minimum Gasteiger partial charge on any atom is -0.268 e. The Labute approximate surface area is 144 Å². The number of carbonyl (C=O) groups is 1. The Kier molecular flexibility index (Phi) is 4.62. The zero-order valence-electron chi connectivity index (χ0n) is 13.0. The predicted molar refractivity (Wildman–Crippen MR) is 88.8 cm³/mol. The van der Waals surface area contributed by atoms with E-state index < -0.39 is 21.7 Å². The molecule has 25 heavy (non-hydrogen) atoms. The third-order valence-corrected chi connectivity index (χ3v) is 4.79. The second kappa shape index (κ2) is 6.86. The highest BCUT2D eigenvalue weighted by molar-refractivity contribution is 7.90. The van der Waals surface area contributed by atoms with Gasteiger partial charge in [-0.2, -0.15) is 5.10 Å². The molecule has 6 nitrogen and oxygen atoms in total. The van der Waals surface area contributed by atoms with Crippen LogP contribution in [0.25, 0.3) is 0 Å². The van der Waals surface area contributed by atoms with Gasteiger partial charge in [0.2, 0.25) is 0 Å². The molecule has 0 atom stereocenters. The van der Waals surface area contributed by atoms with Crippen molar-refractivity contribution in [3.63, 3.8) is 0 Å². The van der Waals surface area contributed by atoms with Crippen LogP contribution in [0.1, 0.15) is 15.9 Å². The van der Waals surface area contributed by atoms with Crippen molar-refractivity contribution in [2.75, 3.05) is 0 Å². The van der Waals surface area contributed by atoms with E-state index in [0.29, 0.717) is 6.54 Å². The summed E-state index contributed by atoms with van der Waals surface area (Å²) in [7, 11) is -4.07. The maximum Gasteiger partial charge on any atom is 0.265 e. The van der Waals surface area contributed by atoms with E-state index in [0.717, 1.165) is 29.8 Å². The number of rotatable bonds is 5. The van der Waals surface area contributed by atoms with Gasteiger partial charge >= 0.3 is 0 Å². The second-order valence-electron chi connectivity index (χ2n) is 5.29. The van der Waals surface area contributed by atoms with Crippen LogP contribution in [0.2, 0.25) is 0 Å². The van der Waals surface area contributed by atoms with Crippen molar-refractivity contribution in [2.45, 2.75) is 11.4 Å². The molecule has 0 aliphatic rings. The average molecular weight is 359 g/mol. The van der Waals surface area contributed by atoms with Crippen molar-refractivity contribution < 1.29 is 17.6 Å². The summed E-state index contributed by atoms with van der Waals surface area (Å²) in [6, 6.07) is 12.6. The number of benzene rings is 2. The first-order valence-electron chi connectivity index (χ1n) is 7.33. The summed E-state index contributed by atoms with van der Waals surface area (Å²) in [5.74, 6) is -1.32. The number of sulfonamides is 1. The van der Waals surface area contributed by atoms with Crippen LogP contribution in [-0.4, -0.2) is 24.1 Å². The third kappa shape index (κ3) is 4.10. The average Bonchev–Trinajstić information content (AvgIpc) is 3.08. The van der Waals surface area contributed by atoms with E-state index in [1.165, 1.54) is 6.07 Å². The Morgan fingerprint density at radius 1 is 1.12 bits per heavy atom. The van der Waals surface area contributed by atoms with Gasteiger partial charge in [-0.3, -0.25) is 9.48 Å². The second-order valence-corrected chi connectivity index (χ2v) is 6.97. The quantitative estimate of drug-likeness (QED) is 0.757. The Morgan fingerprint density at radius 2 is 1.88 bits per heavy atom. The van der Waals surface area contributed by atoms with Crippen molar-refractivity contribution in [3.05, 3.63) is 83.9 Å². The van der Waals surface area contributed by atoms with E-state index in [2.05, 4.69) is 5.10 Å². The summed E-state index contributed by atoms with van der Waals surface area (Å²) in [6.45, 7) is 0.457. The fraction of sp³-hybridized carbons (Fsp3) is 0.0588. The van der Waals surface area contributed by atoms with E-state index in [1.807, 2.05) is 10.8 Å². The lowest BCUT2D eigenvalue weighted by atomic mass is 10.1. The van der Waals surface area contributed by atoms with Gasteiger partial charge in [0.05, 0.1) is 11.4 Å². The molecule has 0 spiro atoms. The molecule has 3 rings (SSSR count). The van der Waals surface area contributed by atoms with Gasteiger partial charge in [0.1, 0.15) is 5.82 Å². The normalized spacial score (nSPS) is 11.2. The van der Waals surface area contributed by atoms with Crippen LogP contribution >= 0.6 is 0 Å². The zero-order valence-corrected chi connectivity index (χ0v) is 13.8. The van der Waals surface area contributed by atoms with Gasteiger partial charge in [-0.1, -0.05) is 12.1 Å². The van der Waals surface area contributed by atoms with Crippen molar-refractivity contribution in [1.82, 2.24) is 14.5 Å². The van der Waals surface area contributed by atoms with Crippen molar-refractivity contribution in [2.24, 2.45) is 0 Å². The standard InChI is InChI=1S/C17H14FN3O3S/c18-15-5-7-16(8-6-15)25(23,24)20-17(22)14-4-1-3-13(11-14)12-21-10-2-9-19-21/h1-11H,12H2,(H,20,22). The van der Waals surface area contributed by atoms with E-state index in [-0.39, 0.29) is 10.5 Å². The lowest BCUT2D eigenvalue weighted by Gasteiger charge is -2.08. The summed E-state index contributed by atoms with van der Waals surface area (Å²) >= 11 is 0. The molecule has 0 aliphatic carbocycles. The van der Waals surface area contributed by atoms with E-state index >= 15 is 0 Å². The van der Waals surface area contributed by atoms with E-state index in [1.54, 1.807) is 35.3 Å². The van der Waals surface area contributed by atoms with Gasteiger partial charge in [-0.05, 0) is 48.0 Å². The molecule has 0 saturated heterocycles. The third-order valence-electron chi connectivity index (χ3n) is 3.44. The fourth-order valence-corrected chi connectivity index (χ4v) is 3.22. The van der Waals surface area contributed by atoms with Crippen LogP contribution in [0, 0.1) is 5.82 Å². The number of amides is 1. The fourth-order valence-electron chi connectivity index (χ4n) is 2.25. The number of carbonyl (C=O) groups excluding carboxylic acids is 1. The Bertz CT molecular complexity index is 984. The summed E-state index contributed by atoms with van der Waals surface area (Å²) in [4.78, 5) is 12.1. The van der Waals surface area contributed by atoms with Crippen LogP contribution in [0.15, 0.2) is 71.9 Å². The number of hydrogen-bond donors (Lipinski definition) is 1. The van der Waals surface area contributed by atoms with Crippen molar-refractivity contribution in [3.8, 4) is 0 Å². The minimum atomic E-state index is -4.07. The Balaban J connectivity index is 1.77. The zero-order chi connectivity index (χ0) is 17.9. The summed E-state index contributed by atoms with van der Waals surface area (Å²) < 4.78 is 41.0. The Morgan fingerprint density at radius 3 is 2.56 bits per heavy atom. The number of aromatic nitrogens is 2. The van der Waals surface area contributed by atoms with Gasteiger partial charge < -0.3 is 0 Å². The van der Waals surface area contributed by atoms with Crippen LogP contribution in [0.5, 0.6) is 0 Å². The molecule has 2 aromatic carbocycles. The van der Waals surface area contributed by atoms with E-state index in [9.17, 15) is 17.6 Å². The smallest absolute Gasteiger partial charge is 0.265 e. The molecule has 0 saturated carbocycles. The molecule has 1 heterocycles. The maximum atomic E-state index is 12.9. The first-order chi connectivity index (χ1) is 11.9. The van der Waals surface area contributed by atoms with Crippen LogP contribution in [-0.2, 0) is 16.6 Å². The van der Waals surface area contributed by atoms with Crippen LogP contribution in [0.3, 0.4) is 0 Å². The van der Waals surface area contributed by atoms with Crippen molar-refractivity contribution >= 4 is 15.9 Å². The molecule has 1 amide bonds. The van der Waals surface area contributed by atoms with Gasteiger partial charge in [0.15, 0.2) is 0 Å². The highest BCUT2D eigenvalue weighted by Crippen LogP contribution is 2.12. The number of nitrogens with zero attached hydrogens (tertiary/aromatic N) is 2. The highest BCUT2D eigenvalue weighted by Gasteiger charge is 2.19. The minimum absolute atomic E-state index is 0.185. The monoisotopic (exact) mass is 359 g/mol. The Hall–Kier alpha value is -3.00. The molecule has 0 radical (unpaired) electrons. The lowest BCUT2D eigenvalue weighted by molar-refractivity contribution is 0.0981. The molecular weight excluding hydrogens is 345 g/mol. The molecule has 3 aromatic rings. The van der Waals surface area contributed by atoms with Crippen molar-refractivity contribution in [1.29, 1.82) is 0 Å². The lowest BCUT2D eigenvalue weighted by Crippen LogP contribution is -2.30. The first-order valence-corrected chi connectivity index (χ1v) is 8.81. The molecule has 0 unspecified atom stereocenters. The topological polar surface area (TPSA) is 81.1 Å². The molecule has 1 N–H and O–H groups in total. The van der Waals surface area contributed by atoms with Gasteiger partial charge in [0.25, 0.3) is 15.9 Å². The SMILES string of the molecule is O=C(NS(=O)(=O)c1ccc(F)cc1)c1cccc(Cn2cccn2)c1. The summed E-state index contributed by atoms with van der Waals surface area (Å²) in [5, 5.41) is 4.08. The molecular formula is C17H14FN3O3S. The molecule has 0 aliphatic heterocycles. The number of nitrogens with one attached hydrogen (secondary N) is 1. The molecule has 8 heteroatoms. The molecule has 0 bridgehead atoms. The predicted octanol–water partition coefficient (Wildman–Crippen LogP) is 2.19. The highest BCUT2D eigenvalue weighted by atomic mass is 32.2. The first kappa shape index (κ1) is 16.8. The summed E-state index contributed by atoms with van der Waals surface area (Å²) in [6.07, 6.45) is 3.43. The molecule has 0 fully saturated rings. The van der Waals surface area contributed by atoms with Crippen LogP contribution in [0.4, 0.5) is 4.39 Å². The van der Waals surface area contributed by atoms with Crippen LogP contribution < -0.4 is 4.72 Å². The van der Waals surface area contributed by atoms with E-state index in [4.69, 9.17) is 0 Å². The summed E-state index contributed by atoms with van der Waals surface area (Å²) in [5.41, 5.74) is 1.01. The molecule has 1 aromatic heterocycles. The largest absolute Gasteiger partial charge is 0.268 e. The van der Waals surface area contributed by atoms with Gasteiger partial charge in [-0.25, -0.2) is 17.5 Å². The maximum absolute atomic E-state index is 12.9. The van der Waals surface area contributed by atoms with Gasteiger partial charge in [-0.15, -0.1) is 0 Å². The molecule has 128 valence electrons. The number of halogens is 1. The number of hydrogen-bond acceptors (Lipinski definition) is 4.